The topological polar surface area (TPSA) is 32.7 Å². The number of likely N-dealkylation sites (tertiary alicyclic amines) is 1. The van der Waals surface area contributed by atoms with E-state index in [1.807, 2.05) is 24.3 Å². The monoisotopic (exact) mass is 362 g/mol. The Kier molecular flexibility index (Phi) is 4.93. The van der Waals surface area contributed by atoms with Crippen LogP contribution in [0.1, 0.15) is 25.3 Å². The zero-order chi connectivity index (χ0) is 17.9. The summed E-state index contributed by atoms with van der Waals surface area (Å²) in [5, 5.41) is 0.869. The molecule has 0 radical (unpaired) electrons. The van der Waals surface area contributed by atoms with E-state index >= 15 is 0 Å². The molecule has 2 aromatic rings. The molecule has 132 valence electrons. The van der Waals surface area contributed by atoms with Crippen LogP contribution < -0.4 is 0 Å². The number of aliphatic imine (C=N–C) groups is 1. The van der Waals surface area contributed by atoms with Gasteiger partial charge in [-0.3, -0.25) is 4.79 Å². The molecule has 3 nitrogen and oxygen atoms in total. The number of carbonyl (C=O) groups excluding carboxylic acids is 1. The largest absolute Gasteiger partial charge is 0.351 e. The predicted octanol–water partition coefficient (Wildman–Crippen LogP) is 5.06. The van der Waals surface area contributed by atoms with Gasteiger partial charge in [-0.1, -0.05) is 61.5 Å². The number of thioether (sulfide) groups is 1. The lowest BCUT2D eigenvalue weighted by molar-refractivity contribution is -0.113. The van der Waals surface area contributed by atoms with E-state index in [9.17, 15) is 4.79 Å². The zero-order valence-corrected chi connectivity index (χ0v) is 15.7. The van der Waals surface area contributed by atoms with Gasteiger partial charge in [-0.15, -0.1) is 0 Å². The normalized spacial score (nSPS) is 22.0. The maximum absolute atomic E-state index is 12.3. The smallest absolute Gasteiger partial charge is 0.286 e. The third kappa shape index (κ3) is 3.75. The van der Waals surface area contributed by atoms with Crippen molar-refractivity contribution in [2.75, 3.05) is 13.1 Å². The summed E-state index contributed by atoms with van der Waals surface area (Å²) in [4.78, 5) is 19.6. The first-order chi connectivity index (χ1) is 12.7. The van der Waals surface area contributed by atoms with Crippen molar-refractivity contribution in [2.24, 2.45) is 10.9 Å². The molecular formula is C22H22N2OS. The fraction of sp³-hybridized carbons (Fsp3) is 0.273. The first-order valence-electron chi connectivity index (χ1n) is 9.12. The van der Waals surface area contributed by atoms with Crippen LogP contribution in [0.2, 0.25) is 0 Å². The van der Waals surface area contributed by atoms with Crippen LogP contribution in [0.5, 0.6) is 0 Å². The Morgan fingerprint density at radius 3 is 2.54 bits per heavy atom. The summed E-state index contributed by atoms with van der Waals surface area (Å²) in [6.07, 6.45) is 4.39. The third-order valence-electron chi connectivity index (χ3n) is 4.85. The van der Waals surface area contributed by atoms with Crippen LogP contribution in [-0.2, 0) is 4.79 Å². The molecule has 1 amide bonds. The van der Waals surface area contributed by atoms with Gasteiger partial charge in [-0.05, 0) is 53.3 Å². The summed E-state index contributed by atoms with van der Waals surface area (Å²) in [7, 11) is 0. The lowest BCUT2D eigenvalue weighted by atomic mass is 10.0. The highest BCUT2D eigenvalue weighted by Gasteiger charge is 2.28. The highest BCUT2D eigenvalue weighted by Crippen LogP contribution is 2.32. The SMILES string of the molecule is C[C@@H]1CCCN(C2=NC(=O)/C(=C/c3ccc(-c4ccccc4)cc3)S2)C1. The van der Waals surface area contributed by atoms with E-state index in [2.05, 4.69) is 53.2 Å². The minimum Gasteiger partial charge on any atom is -0.351 e. The fourth-order valence-corrected chi connectivity index (χ4v) is 4.40. The summed E-state index contributed by atoms with van der Waals surface area (Å²) < 4.78 is 0. The van der Waals surface area contributed by atoms with Crippen molar-refractivity contribution in [1.82, 2.24) is 4.90 Å². The molecule has 2 aliphatic rings. The standard InChI is InChI=1S/C22H22N2OS/c1-16-6-5-13-24(15-16)22-23-21(25)20(26-22)14-17-9-11-19(12-10-17)18-7-3-2-4-8-18/h2-4,7-12,14,16H,5-6,13,15H2,1H3/b20-14-/t16-/m1/s1. The van der Waals surface area contributed by atoms with Crippen molar-refractivity contribution in [3.05, 3.63) is 65.1 Å². The number of nitrogens with zero attached hydrogens (tertiary/aromatic N) is 2. The second kappa shape index (κ2) is 7.50. The van der Waals surface area contributed by atoms with Crippen LogP contribution in [0.4, 0.5) is 0 Å². The second-order valence-corrected chi connectivity index (χ2v) is 8.00. The molecule has 1 atom stereocenters. The Morgan fingerprint density at radius 1 is 1.08 bits per heavy atom. The summed E-state index contributed by atoms with van der Waals surface area (Å²) in [6.45, 7) is 4.26. The molecule has 0 N–H and O–H groups in total. The molecule has 0 spiro atoms. The minimum atomic E-state index is -0.115. The number of hydrogen-bond donors (Lipinski definition) is 0. The molecule has 4 heteroatoms. The Balaban J connectivity index is 1.48. The van der Waals surface area contributed by atoms with Crippen LogP contribution >= 0.6 is 11.8 Å². The number of hydrogen-bond acceptors (Lipinski definition) is 3. The Hall–Kier alpha value is -2.33. The van der Waals surface area contributed by atoms with E-state index in [-0.39, 0.29) is 5.91 Å². The Morgan fingerprint density at radius 2 is 1.81 bits per heavy atom. The molecule has 2 aliphatic heterocycles. The molecule has 0 bridgehead atoms. The van der Waals surface area contributed by atoms with Crippen LogP contribution in [0.25, 0.3) is 17.2 Å². The van der Waals surface area contributed by atoms with Crippen LogP contribution in [0.3, 0.4) is 0 Å². The molecule has 0 unspecified atom stereocenters. The van der Waals surface area contributed by atoms with Crippen molar-refractivity contribution in [3.8, 4) is 11.1 Å². The van der Waals surface area contributed by atoms with Gasteiger partial charge in [0.15, 0.2) is 5.17 Å². The number of carbonyl (C=O) groups is 1. The highest BCUT2D eigenvalue weighted by atomic mass is 32.2. The van der Waals surface area contributed by atoms with E-state index in [4.69, 9.17) is 0 Å². The number of piperidine rings is 1. The molecule has 2 aromatic carbocycles. The zero-order valence-electron chi connectivity index (χ0n) is 14.9. The average molecular weight is 362 g/mol. The Labute approximate surface area is 158 Å². The van der Waals surface area contributed by atoms with Gasteiger partial charge in [0.05, 0.1) is 4.91 Å². The molecule has 4 rings (SSSR count). The Bertz CT molecular complexity index is 855. The van der Waals surface area contributed by atoms with E-state index in [0.29, 0.717) is 10.8 Å². The average Bonchev–Trinajstić information content (AvgIpc) is 3.04. The second-order valence-electron chi connectivity index (χ2n) is 6.99. The molecule has 1 saturated heterocycles. The summed E-state index contributed by atoms with van der Waals surface area (Å²) in [5.74, 6) is 0.552. The number of benzene rings is 2. The fourth-order valence-electron chi connectivity index (χ4n) is 3.45. The third-order valence-corrected chi connectivity index (χ3v) is 5.90. The maximum atomic E-state index is 12.3. The van der Waals surface area contributed by atoms with Gasteiger partial charge in [0.1, 0.15) is 0 Å². The van der Waals surface area contributed by atoms with Gasteiger partial charge >= 0.3 is 0 Å². The van der Waals surface area contributed by atoms with E-state index in [1.54, 1.807) is 0 Å². The lowest BCUT2D eigenvalue weighted by Crippen LogP contribution is -2.37. The molecule has 0 saturated carbocycles. The van der Waals surface area contributed by atoms with Crippen LogP contribution in [0, 0.1) is 5.92 Å². The predicted molar refractivity (Wildman–Crippen MR) is 110 cm³/mol. The molecule has 26 heavy (non-hydrogen) atoms. The lowest BCUT2D eigenvalue weighted by Gasteiger charge is -2.31. The van der Waals surface area contributed by atoms with E-state index < -0.39 is 0 Å². The first kappa shape index (κ1) is 17.1. The maximum Gasteiger partial charge on any atom is 0.286 e. The van der Waals surface area contributed by atoms with Crippen LogP contribution in [0.15, 0.2) is 64.5 Å². The molecular weight excluding hydrogens is 340 g/mol. The van der Waals surface area contributed by atoms with Gasteiger partial charge in [0, 0.05) is 13.1 Å². The number of amidine groups is 1. The molecule has 1 fully saturated rings. The first-order valence-corrected chi connectivity index (χ1v) is 9.94. The van der Waals surface area contributed by atoms with E-state index in [0.717, 1.165) is 23.8 Å². The summed E-state index contributed by atoms with van der Waals surface area (Å²) in [5.41, 5.74) is 3.41. The van der Waals surface area contributed by atoms with Crippen molar-refractivity contribution < 1.29 is 4.79 Å². The minimum absolute atomic E-state index is 0.115. The summed E-state index contributed by atoms with van der Waals surface area (Å²) >= 11 is 1.51. The summed E-state index contributed by atoms with van der Waals surface area (Å²) in [6, 6.07) is 18.6. The van der Waals surface area contributed by atoms with Gasteiger partial charge in [-0.2, -0.15) is 4.99 Å². The molecule has 2 heterocycles. The molecule has 0 aromatic heterocycles. The van der Waals surface area contributed by atoms with Gasteiger partial charge in [-0.25, -0.2) is 0 Å². The van der Waals surface area contributed by atoms with Gasteiger partial charge in [0.25, 0.3) is 5.91 Å². The van der Waals surface area contributed by atoms with Crippen molar-refractivity contribution in [3.63, 3.8) is 0 Å². The van der Waals surface area contributed by atoms with E-state index in [1.165, 1.54) is 35.7 Å². The van der Waals surface area contributed by atoms with Gasteiger partial charge in [0.2, 0.25) is 0 Å². The highest BCUT2D eigenvalue weighted by molar-refractivity contribution is 8.18. The van der Waals surface area contributed by atoms with Gasteiger partial charge < -0.3 is 4.90 Å². The number of amides is 1. The molecule has 0 aliphatic carbocycles. The van der Waals surface area contributed by atoms with Crippen molar-refractivity contribution in [1.29, 1.82) is 0 Å². The number of rotatable bonds is 2. The van der Waals surface area contributed by atoms with Crippen molar-refractivity contribution >= 4 is 28.9 Å². The van der Waals surface area contributed by atoms with Crippen LogP contribution in [-0.4, -0.2) is 29.1 Å². The van der Waals surface area contributed by atoms with Crippen molar-refractivity contribution in [2.45, 2.75) is 19.8 Å². The quantitative estimate of drug-likeness (QED) is 0.700.